The summed E-state index contributed by atoms with van der Waals surface area (Å²) in [7, 11) is 1.37. The monoisotopic (exact) mass is 332 g/mol. The molecule has 2 bridgehead atoms. The van der Waals surface area contributed by atoms with Gasteiger partial charge in [-0.2, -0.15) is 0 Å². The van der Waals surface area contributed by atoms with Crippen LogP contribution in [0.5, 0.6) is 5.75 Å². The zero-order valence-corrected chi connectivity index (χ0v) is 14.0. The highest BCUT2D eigenvalue weighted by Crippen LogP contribution is 2.37. The van der Waals surface area contributed by atoms with Crippen LogP contribution >= 0.6 is 0 Å². The first-order valence-electron chi connectivity index (χ1n) is 8.62. The molecule has 1 aromatic rings. The number of hydrogen-bond acceptors (Lipinski definition) is 5. The minimum absolute atomic E-state index is 0.144. The van der Waals surface area contributed by atoms with Gasteiger partial charge in [-0.3, -0.25) is 14.6 Å². The van der Waals surface area contributed by atoms with Crippen molar-refractivity contribution in [2.75, 3.05) is 7.11 Å². The zero-order valence-electron chi connectivity index (χ0n) is 14.0. The number of hydrogen-bond donors (Lipinski definition) is 0. The number of carbonyl (C=O) groups excluding carboxylic acids is 2. The summed E-state index contributed by atoms with van der Waals surface area (Å²) in [4.78, 5) is 29.8. The van der Waals surface area contributed by atoms with Crippen LogP contribution < -0.4 is 4.74 Å². The number of rotatable bonds is 6. The molecule has 0 spiro atoms. The molecule has 2 saturated heterocycles. The van der Waals surface area contributed by atoms with Crippen molar-refractivity contribution in [1.82, 2.24) is 9.88 Å². The number of aromatic nitrogens is 1. The Bertz CT molecular complexity index is 564. The third-order valence-corrected chi connectivity index (χ3v) is 4.91. The van der Waals surface area contributed by atoms with E-state index in [9.17, 15) is 9.59 Å². The number of nitrogens with zero attached hydrogens (tertiary/aromatic N) is 2. The second-order valence-electron chi connectivity index (χ2n) is 6.52. The molecule has 130 valence electrons. The number of fused-ring (bicyclic) bond motifs is 2. The number of pyridine rings is 1. The van der Waals surface area contributed by atoms with Crippen LogP contribution in [0.3, 0.4) is 0 Å². The minimum atomic E-state index is -0.255. The average molecular weight is 332 g/mol. The van der Waals surface area contributed by atoms with E-state index in [0.717, 1.165) is 31.4 Å². The Morgan fingerprint density at radius 3 is 2.62 bits per heavy atom. The van der Waals surface area contributed by atoms with E-state index in [4.69, 9.17) is 4.74 Å². The molecule has 0 radical (unpaired) electrons. The van der Waals surface area contributed by atoms with Crippen LogP contribution in [0, 0.1) is 0 Å². The Hall–Kier alpha value is -2.11. The highest BCUT2D eigenvalue weighted by Gasteiger charge is 2.43. The lowest BCUT2D eigenvalue weighted by molar-refractivity contribution is -0.141. The second-order valence-corrected chi connectivity index (χ2v) is 6.52. The van der Waals surface area contributed by atoms with Gasteiger partial charge in [-0.1, -0.05) is 0 Å². The highest BCUT2D eigenvalue weighted by atomic mass is 16.5. The van der Waals surface area contributed by atoms with Crippen LogP contribution in [0.15, 0.2) is 24.5 Å². The van der Waals surface area contributed by atoms with Gasteiger partial charge in [0.25, 0.3) is 0 Å². The van der Waals surface area contributed by atoms with Gasteiger partial charge in [-0.25, -0.2) is 0 Å². The van der Waals surface area contributed by atoms with E-state index in [-0.39, 0.29) is 30.1 Å². The Kier molecular flexibility index (Phi) is 5.33. The van der Waals surface area contributed by atoms with E-state index in [2.05, 4.69) is 9.72 Å². The summed E-state index contributed by atoms with van der Waals surface area (Å²) in [6.45, 7) is 0. The van der Waals surface area contributed by atoms with E-state index < -0.39 is 0 Å². The summed E-state index contributed by atoms with van der Waals surface area (Å²) in [5.41, 5.74) is 0. The first kappa shape index (κ1) is 16.7. The van der Waals surface area contributed by atoms with Crippen LogP contribution in [0.25, 0.3) is 0 Å². The molecule has 2 atom stereocenters. The van der Waals surface area contributed by atoms with Gasteiger partial charge in [-0.15, -0.1) is 0 Å². The maximum absolute atomic E-state index is 12.5. The zero-order chi connectivity index (χ0) is 16.9. The van der Waals surface area contributed by atoms with Gasteiger partial charge in [0.15, 0.2) is 0 Å². The molecule has 24 heavy (non-hydrogen) atoms. The van der Waals surface area contributed by atoms with Gasteiger partial charge in [0.2, 0.25) is 5.91 Å². The van der Waals surface area contributed by atoms with Gasteiger partial charge in [0, 0.05) is 44.0 Å². The molecular weight excluding hydrogens is 308 g/mol. The Morgan fingerprint density at radius 1 is 1.25 bits per heavy atom. The maximum Gasteiger partial charge on any atom is 0.305 e. The van der Waals surface area contributed by atoms with Gasteiger partial charge in [0.1, 0.15) is 11.9 Å². The van der Waals surface area contributed by atoms with Crippen molar-refractivity contribution >= 4 is 11.9 Å². The molecule has 2 aliphatic heterocycles. The molecule has 2 aliphatic rings. The molecule has 2 unspecified atom stereocenters. The number of amides is 1. The van der Waals surface area contributed by atoms with E-state index in [1.807, 2.05) is 17.0 Å². The van der Waals surface area contributed by atoms with Crippen LogP contribution in [-0.4, -0.2) is 47.1 Å². The fraction of sp³-hybridized carbons (Fsp3) is 0.611. The second kappa shape index (κ2) is 7.64. The number of carbonyl (C=O) groups is 2. The van der Waals surface area contributed by atoms with Crippen molar-refractivity contribution in [3.8, 4) is 5.75 Å². The average Bonchev–Trinajstić information content (AvgIpc) is 2.86. The first-order valence-corrected chi connectivity index (χ1v) is 8.62. The fourth-order valence-corrected chi connectivity index (χ4v) is 3.85. The fourth-order valence-electron chi connectivity index (χ4n) is 3.85. The molecule has 6 heteroatoms. The Labute approximate surface area is 142 Å². The molecule has 6 nitrogen and oxygen atoms in total. The highest BCUT2D eigenvalue weighted by molar-refractivity contribution is 5.78. The molecule has 2 fully saturated rings. The van der Waals surface area contributed by atoms with Crippen molar-refractivity contribution in [3.05, 3.63) is 24.5 Å². The van der Waals surface area contributed by atoms with E-state index in [1.165, 1.54) is 7.11 Å². The van der Waals surface area contributed by atoms with Crippen molar-refractivity contribution in [2.45, 2.75) is 63.1 Å². The van der Waals surface area contributed by atoms with Gasteiger partial charge >= 0.3 is 5.97 Å². The van der Waals surface area contributed by atoms with Crippen LogP contribution in [0.4, 0.5) is 0 Å². The van der Waals surface area contributed by atoms with E-state index >= 15 is 0 Å². The summed E-state index contributed by atoms with van der Waals surface area (Å²) in [5, 5.41) is 0. The first-order chi connectivity index (χ1) is 11.7. The normalized spacial score (nSPS) is 25.4. The summed E-state index contributed by atoms with van der Waals surface area (Å²) >= 11 is 0. The molecule has 0 aromatic carbocycles. The van der Waals surface area contributed by atoms with Crippen molar-refractivity contribution in [2.24, 2.45) is 0 Å². The topological polar surface area (TPSA) is 68.7 Å². The van der Waals surface area contributed by atoms with Crippen LogP contribution in [0.2, 0.25) is 0 Å². The molecule has 1 amide bonds. The van der Waals surface area contributed by atoms with E-state index in [0.29, 0.717) is 19.3 Å². The predicted octanol–water partition coefficient (Wildman–Crippen LogP) is 2.33. The van der Waals surface area contributed by atoms with E-state index in [1.54, 1.807) is 12.4 Å². The summed E-state index contributed by atoms with van der Waals surface area (Å²) in [5.74, 6) is 0.695. The predicted molar refractivity (Wildman–Crippen MR) is 87.4 cm³/mol. The standard InChI is InChI=1S/C18H24N2O4/c1-23-18(22)6-2-5-17(21)20-13-7-8-14(20)11-16(10-13)24-15-4-3-9-19-12-15/h3-4,9,12-14,16H,2,5-8,10-11H2,1H3. The molecule has 0 saturated carbocycles. The summed E-state index contributed by atoms with van der Waals surface area (Å²) < 4.78 is 10.6. The molecule has 1 aromatic heterocycles. The molecule has 3 heterocycles. The molecule has 3 rings (SSSR count). The number of esters is 1. The number of ether oxygens (including phenoxy) is 2. The van der Waals surface area contributed by atoms with Crippen molar-refractivity contribution in [1.29, 1.82) is 0 Å². The molecular formula is C18H24N2O4. The number of methoxy groups -OCH3 is 1. The maximum atomic E-state index is 12.5. The molecule has 0 N–H and O–H groups in total. The minimum Gasteiger partial charge on any atom is -0.489 e. The Balaban J connectivity index is 1.52. The third-order valence-electron chi connectivity index (χ3n) is 4.91. The number of piperidine rings is 1. The smallest absolute Gasteiger partial charge is 0.305 e. The SMILES string of the molecule is COC(=O)CCCC(=O)N1C2CCC1CC(Oc1cccnc1)C2. The lowest BCUT2D eigenvalue weighted by Crippen LogP contribution is -2.49. The quantitative estimate of drug-likeness (QED) is 0.748. The van der Waals surface area contributed by atoms with Crippen molar-refractivity contribution < 1.29 is 19.1 Å². The van der Waals surface area contributed by atoms with Gasteiger partial charge in [0.05, 0.1) is 13.3 Å². The summed E-state index contributed by atoms with van der Waals surface area (Å²) in [6, 6.07) is 4.30. The van der Waals surface area contributed by atoms with Gasteiger partial charge < -0.3 is 14.4 Å². The Morgan fingerprint density at radius 2 is 2.00 bits per heavy atom. The van der Waals surface area contributed by atoms with Crippen LogP contribution in [-0.2, 0) is 14.3 Å². The van der Waals surface area contributed by atoms with Gasteiger partial charge in [-0.05, 0) is 31.4 Å². The van der Waals surface area contributed by atoms with Crippen LogP contribution in [0.1, 0.15) is 44.9 Å². The largest absolute Gasteiger partial charge is 0.489 e. The molecule has 0 aliphatic carbocycles. The summed E-state index contributed by atoms with van der Waals surface area (Å²) in [6.07, 6.45) is 8.69. The van der Waals surface area contributed by atoms with Crippen molar-refractivity contribution in [3.63, 3.8) is 0 Å². The lowest BCUT2D eigenvalue weighted by atomic mass is 9.98. The lowest BCUT2D eigenvalue weighted by Gasteiger charge is -2.39. The third kappa shape index (κ3) is 3.86.